The number of amides is 1. The van der Waals surface area contributed by atoms with Gasteiger partial charge in [0.15, 0.2) is 0 Å². The summed E-state index contributed by atoms with van der Waals surface area (Å²) in [5.74, 6) is 0.292. The second kappa shape index (κ2) is 6.79. The number of benzene rings is 1. The Balaban J connectivity index is 2.05. The summed E-state index contributed by atoms with van der Waals surface area (Å²) in [6.07, 6.45) is 2.00. The maximum Gasteiger partial charge on any atom is 0.226 e. The number of hydrogen-bond donors (Lipinski definition) is 0. The minimum atomic E-state index is 0.0833. The molecule has 1 aromatic carbocycles. The van der Waals surface area contributed by atoms with Crippen LogP contribution < -0.4 is 0 Å². The van der Waals surface area contributed by atoms with Gasteiger partial charge in [0.25, 0.3) is 0 Å². The Morgan fingerprint density at radius 3 is 2.60 bits per heavy atom. The van der Waals surface area contributed by atoms with Crippen LogP contribution >= 0.6 is 23.2 Å². The standard InChI is InChI=1S/C15H20Cl2N2O/c1-18(2)15(20)11-5-4-8-19(9-11)10-12-13(16)6-3-7-14(12)17/h3,6-7,11H,4-5,8-10H2,1-2H3. The van der Waals surface area contributed by atoms with Crippen LogP contribution in [0.3, 0.4) is 0 Å². The van der Waals surface area contributed by atoms with Crippen molar-refractivity contribution in [2.24, 2.45) is 5.92 Å². The Hall–Kier alpha value is -0.770. The fourth-order valence-corrected chi connectivity index (χ4v) is 3.19. The van der Waals surface area contributed by atoms with Crippen molar-refractivity contribution in [2.45, 2.75) is 19.4 Å². The van der Waals surface area contributed by atoms with Gasteiger partial charge in [-0.25, -0.2) is 0 Å². The number of halogens is 2. The zero-order chi connectivity index (χ0) is 14.7. The van der Waals surface area contributed by atoms with Gasteiger partial charge in [0, 0.05) is 42.8 Å². The van der Waals surface area contributed by atoms with E-state index in [2.05, 4.69) is 4.90 Å². The van der Waals surface area contributed by atoms with E-state index in [1.807, 2.05) is 32.3 Å². The van der Waals surface area contributed by atoms with Gasteiger partial charge in [0.05, 0.1) is 5.92 Å². The third-order valence-electron chi connectivity index (χ3n) is 3.74. The molecule has 1 atom stereocenters. The molecule has 20 heavy (non-hydrogen) atoms. The lowest BCUT2D eigenvalue weighted by molar-refractivity contribution is -0.134. The molecule has 1 fully saturated rings. The third-order valence-corrected chi connectivity index (χ3v) is 4.45. The fraction of sp³-hybridized carbons (Fsp3) is 0.533. The van der Waals surface area contributed by atoms with E-state index in [-0.39, 0.29) is 11.8 Å². The highest BCUT2D eigenvalue weighted by Gasteiger charge is 2.27. The number of hydrogen-bond acceptors (Lipinski definition) is 2. The molecule has 2 rings (SSSR count). The number of carbonyl (C=O) groups excluding carboxylic acids is 1. The van der Waals surface area contributed by atoms with Crippen LogP contribution in [0.25, 0.3) is 0 Å². The first-order valence-corrected chi connectivity index (χ1v) is 7.61. The summed E-state index contributed by atoms with van der Waals surface area (Å²) in [6, 6.07) is 5.56. The highest BCUT2D eigenvalue weighted by molar-refractivity contribution is 6.35. The molecule has 1 aliphatic rings. The SMILES string of the molecule is CN(C)C(=O)C1CCCN(Cc2c(Cl)cccc2Cl)C1. The van der Waals surface area contributed by atoms with Crippen LogP contribution in [0.4, 0.5) is 0 Å². The number of piperidine rings is 1. The van der Waals surface area contributed by atoms with E-state index in [0.29, 0.717) is 16.6 Å². The summed E-state index contributed by atoms with van der Waals surface area (Å²) in [5.41, 5.74) is 0.953. The second-order valence-electron chi connectivity index (χ2n) is 5.51. The quantitative estimate of drug-likeness (QED) is 0.854. The Kier molecular flexibility index (Phi) is 5.30. The number of carbonyl (C=O) groups is 1. The van der Waals surface area contributed by atoms with Gasteiger partial charge in [0.1, 0.15) is 0 Å². The van der Waals surface area contributed by atoms with Crippen LogP contribution in [-0.2, 0) is 11.3 Å². The Bertz CT molecular complexity index is 471. The average Bonchev–Trinajstić information content (AvgIpc) is 2.42. The summed E-state index contributed by atoms with van der Waals surface area (Å²) in [6.45, 7) is 2.47. The summed E-state index contributed by atoms with van der Waals surface area (Å²) >= 11 is 12.4. The molecule has 110 valence electrons. The third kappa shape index (κ3) is 3.66. The summed E-state index contributed by atoms with van der Waals surface area (Å²) in [4.78, 5) is 16.0. The number of likely N-dealkylation sites (tertiary alicyclic amines) is 1. The Morgan fingerprint density at radius 1 is 1.35 bits per heavy atom. The van der Waals surface area contributed by atoms with E-state index >= 15 is 0 Å². The molecule has 1 aromatic rings. The number of nitrogens with zero attached hydrogens (tertiary/aromatic N) is 2. The van der Waals surface area contributed by atoms with Crippen molar-refractivity contribution >= 4 is 29.1 Å². The molecule has 5 heteroatoms. The molecule has 0 saturated carbocycles. The van der Waals surface area contributed by atoms with Gasteiger partial charge in [-0.2, -0.15) is 0 Å². The molecular weight excluding hydrogens is 295 g/mol. The van der Waals surface area contributed by atoms with Gasteiger partial charge in [0.2, 0.25) is 5.91 Å². The lowest BCUT2D eigenvalue weighted by Gasteiger charge is -2.33. The molecular formula is C15H20Cl2N2O. The molecule has 0 spiro atoms. The molecule has 1 heterocycles. The largest absolute Gasteiger partial charge is 0.349 e. The average molecular weight is 315 g/mol. The van der Waals surface area contributed by atoms with Gasteiger partial charge in [-0.05, 0) is 31.5 Å². The van der Waals surface area contributed by atoms with Crippen LogP contribution in [0.5, 0.6) is 0 Å². The Morgan fingerprint density at radius 2 is 2.00 bits per heavy atom. The van der Waals surface area contributed by atoms with Crippen LogP contribution in [0.1, 0.15) is 18.4 Å². The van der Waals surface area contributed by atoms with E-state index in [1.54, 1.807) is 4.90 Å². The van der Waals surface area contributed by atoms with Crippen LogP contribution in [0.15, 0.2) is 18.2 Å². The minimum absolute atomic E-state index is 0.0833. The minimum Gasteiger partial charge on any atom is -0.349 e. The summed E-state index contributed by atoms with van der Waals surface area (Å²) in [5, 5.41) is 1.39. The van der Waals surface area contributed by atoms with E-state index in [9.17, 15) is 4.79 Å². The highest BCUT2D eigenvalue weighted by Crippen LogP contribution is 2.28. The normalized spacial score (nSPS) is 19.9. The fourth-order valence-electron chi connectivity index (χ4n) is 2.67. The van der Waals surface area contributed by atoms with E-state index in [0.717, 1.165) is 31.5 Å². The van der Waals surface area contributed by atoms with Crippen LogP contribution in [0.2, 0.25) is 10.0 Å². The molecule has 1 aliphatic heterocycles. The van der Waals surface area contributed by atoms with Gasteiger partial charge in [-0.1, -0.05) is 29.3 Å². The monoisotopic (exact) mass is 314 g/mol. The maximum absolute atomic E-state index is 12.1. The lowest BCUT2D eigenvalue weighted by Crippen LogP contribution is -2.42. The van der Waals surface area contributed by atoms with Gasteiger partial charge in [-0.15, -0.1) is 0 Å². The maximum atomic E-state index is 12.1. The van der Waals surface area contributed by atoms with Crippen molar-refractivity contribution in [2.75, 3.05) is 27.2 Å². The van der Waals surface area contributed by atoms with E-state index in [1.165, 1.54) is 0 Å². The van der Waals surface area contributed by atoms with E-state index < -0.39 is 0 Å². The van der Waals surface area contributed by atoms with Crippen molar-refractivity contribution in [3.8, 4) is 0 Å². The summed E-state index contributed by atoms with van der Waals surface area (Å²) < 4.78 is 0. The highest BCUT2D eigenvalue weighted by atomic mass is 35.5. The van der Waals surface area contributed by atoms with Crippen molar-refractivity contribution in [1.29, 1.82) is 0 Å². The van der Waals surface area contributed by atoms with Gasteiger partial charge in [-0.3, -0.25) is 9.69 Å². The molecule has 0 radical (unpaired) electrons. The first-order chi connectivity index (χ1) is 9.49. The zero-order valence-electron chi connectivity index (χ0n) is 11.9. The van der Waals surface area contributed by atoms with Crippen molar-refractivity contribution in [3.05, 3.63) is 33.8 Å². The van der Waals surface area contributed by atoms with Crippen LogP contribution in [-0.4, -0.2) is 42.9 Å². The molecule has 0 bridgehead atoms. The topological polar surface area (TPSA) is 23.6 Å². The smallest absolute Gasteiger partial charge is 0.226 e. The zero-order valence-corrected chi connectivity index (χ0v) is 13.4. The Labute approximate surface area is 130 Å². The first-order valence-electron chi connectivity index (χ1n) is 6.85. The molecule has 1 saturated heterocycles. The van der Waals surface area contributed by atoms with Crippen molar-refractivity contribution in [1.82, 2.24) is 9.80 Å². The molecule has 3 nitrogen and oxygen atoms in total. The van der Waals surface area contributed by atoms with Crippen LogP contribution in [0, 0.1) is 5.92 Å². The molecule has 1 unspecified atom stereocenters. The lowest BCUT2D eigenvalue weighted by atomic mass is 9.96. The van der Waals surface area contributed by atoms with Gasteiger partial charge >= 0.3 is 0 Å². The molecule has 0 N–H and O–H groups in total. The molecule has 1 amide bonds. The second-order valence-corrected chi connectivity index (χ2v) is 6.32. The van der Waals surface area contributed by atoms with Crippen molar-refractivity contribution in [3.63, 3.8) is 0 Å². The molecule has 0 aliphatic carbocycles. The molecule has 0 aromatic heterocycles. The summed E-state index contributed by atoms with van der Waals surface area (Å²) in [7, 11) is 3.62. The van der Waals surface area contributed by atoms with Crippen molar-refractivity contribution < 1.29 is 4.79 Å². The predicted molar refractivity (Wildman–Crippen MR) is 83.2 cm³/mol. The number of rotatable bonds is 3. The predicted octanol–water partition coefficient (Wildman–Crippen LogP) is 3.29. The first kappa shape index (κ1) is 15.6. The van der Waals surface area contributed by atoms with Gasteiger partial charge < -0.3 is 4.90 Å². The van der Waals surface area contributed by atoms with E-state index in [4.69, 9.17) is 23.2 Å².